The molecule has 0 saturated heterocycles. The Hall–Kier alpha value is -1.67. The summed E-state index contributed by atoms with van der Waals surface area (Å²) in [6.45, 7) is 4.96. The fraction of sp³-hybridized carbons (Fsp3) is 0.312. The van der Waals surface area contributed by atoms with E-state index in [9.17, 15) is 0 Å². The molecule has 0 aliphatic heterocycles. The summed E-state index contributed by atoms with van der Waals surface area (Å²) in [7, 11) is 0. The van der Waals surface area contributed by atoms with Gasteiger partial charge in [-0.25, -0.2) is 0 Å². The highest BCUT2D eigenvalue weighted by molar-refractivity contribution is 5.31. The van der Waals surface area contributed by atoms with Crippen LogP contribution in [0.4, 0.5) is 0 Å². The van der Waals surface area contributed by atoms with E-state index in [-0.39, 0.29) is 5.41 Å². The van der Waals surface area contributed by atoms with E-state index in [4.69, 9.17) is 5.73 Å². The average Bonchev–Trinajstić information content (AvgIpc) is 2.40. The van der Waals surface area contributed by atoms with Gasteiger partial charge in [0.25, 0.3) is 0 Å². The molecule has 1 atom stereocenters. The lowest BCUT2D eigenvalue weighted by molar-refractivity contribution is 0.480. The Balaban J connectivity index is 2.31. The number of hydrogen-bond acceptors (Lipinski definition) is 2. The van der Waals surface area contributed by atoms with Gasteiger partial charge in [0.2, 0.25) is 0 Å². The number of pyridine rings is 1. The molecule has 1 unspecified atom stereocenters. The third-order valence-electron chi connectivity index (χ3n) is 3.48. The molecule has 1 heterocycles. The largest absolute Gasteiger partial charge is 0.330 e. The molecule has 2 aromatic rings. The second kappa shape index (κ2) is 5.32. The van der Waals surface area contributed by atoms with E-state index in [0.717, 1.165) is 6.42 Å². The second-order valence-electron chi connectivity index (χ2n) is 5.17. The Kier molecular flexibility index (Phi) is 3.78. The van der Waals surface area contributed by atoms with Gasteiger partial charge in [-0.2, -0.15) is 0 Å². The normalized spacial score (nSPS) is 14.2. The maximum Gasteiger partial charge on any atom is 0.0300 e. The molecule has 0 aliphatic carbocycles. The van der Waals surface area contributed by atoms with E-state index in [0.29, 0.717) is 6.54 Å². The van der Waals surface area contributed by atoms with Crippen molar-refractivity contribution in [2.75, 3.05) is 6.54 Å². The summed E-state index contributed by atoms with van der Waals surface area (Å²) < 4.78 is 0. The molecule has 2 N–H and O–H groups in total. The SMILES string of the molecule is Cc1cccc(C(C)(CN)Cc2cccnc2)c1. The Labute approximate surface area is 109 Å². The number of aryl methyl sites for hydroxylation is 1. The Bertz CT molecular complexity index is 508. The predicted molar refractivity (Wildman–Crippen MR) is 75.5 cm³/mol. The number of nitrogens with two attached hydrogens (primary N) is 1. The van der Waals surface area contributed by atoms with Gasteiger partial charge in [-0.05, 0) is 30.5 Å². The maximum atomic E-state index is 6.02. The molecule has 1 aromatic carbocycles. The van der Waals surface area contributed by atoms with Crippen LogP contribution >= 0.6 is 0 Å². The monoisotopic (exact) mass is 240 g/mol. The molecule has 18 heavy (non-hydrogen) atoms. The summed E-state index contributed by atoms with van der Waals surface area (Å²) in [6.07, 6.45) is 4.64. The van der Waals surface area contributed by atoms with Crippen LogP contribution in [-0.2, 0) is 11.8 Å². The lowest BCUT2D eigenvalue weighted by atomic mass is 9.77. The first-order valence-electron chi connectivity index (χ1n) is 6.30. The molecular formula is C16H20N2. The highest BCUT2D eigenvalue weighted by atomic mass is 14.6. The molecule has 2 nitrogen and oxygen atoms in total. The molecule has 0 amide bonds. The molecule has 1 aromatic heterocycles. The Morgan fingerprint density at radius 1 is 1.22 bits per heavy atom. The quantitative estimate of drug-likeness (QED) is 0.892. The number of hydrogen-bond donors (Lipinski definition) is 1. The van der Waals surface area contributed by atoms with Gasteiger partial charge in [-0.1, -0.05) is 42.8 Å². The van der Waals surface area contributed by atoms with Gasteiger partial charge in [0.05, 0.1) is 0 Å². The summed E-state index contributed by atoms with van der Waals surface area (Å²) in [5, 5.41) is 0. The van der Waals surface area contributed by atoms with E-state index in [1.807, 2.05) is 12.3 Å². The lowest BCUT2D eigenvalue weighted by Gasteiger charge is -2.29. The highest BCUT2D eigenvalue weighted by Gasteiger charge is 2.25. The van der Waals surface area contributed by atoms with Crippen LogP contribution in [0.1, 0.15) is 23.6 Å². The minimum absolute atomic E-state index is 0.0327. The van der Waals surface area contributed by atoms with Crippen LogP contribution in [0.15, 0.2) is 48.8 Å². The van der Waals surface area contributed by atoms with Crippen LogP contribution in [0.3, 0.4) is 0 Å². The van der Waals surface area contributed by atoms with E-state index < -0.39 is 0 Å². The fourth-order valence-corrected chi connectivity index (χ4v) is 2.27. The van der Waals surface area contributed by atoms with Crippen LogP contribution in [-0.4, -0.2) is 11.5 Å². The van der Waals surface area contributed by atoms with Crippen molar-refractivity contribution in [3.63, 3.8) is 0 Å². The predicted octanol–water partition coefficient (Wildman–Crippen LogP) is 2.85. The fourth-order valence-electron chi connectivity index (χ4n) is 2.27. The molecule has 2 heteroatoms. The first-order chi connectivity index (χ1) is 8.64. The van der Waals surface area contributed by atoms with Crippen molar-refractivity contribution in [2.24, 2.45) is 5.73 Å². The van der Waals surface area contributed by atoms with Gasteiger partial charge in [0, 0.05) is 24.4 Å². The molecule has 0 radical (unpaired) electrons. The van der Waals surface area contributed by atoms with Gasteiger partial charge in [-0.15, -0.1) is 0 Å². The summed E-state index contributed by atoms with van der Waals surface area (Å²) >= 11 is 0. The van der Waals surface area contributed by atoms with E-state index in [1.54, 1.807) is 6.20 Å². The first-order valence-corrected chi connectivity index (χ1v) is 6.30. The van der Waals surface area contributed by atoms with Gasteiger partial charge in [-0.3, -0.25) is 4.98 Å². The summed E-state index contributed by atoms with van der Waals surface area (Å²) in [5.74, 6) is 0. The van der Waals surface area contributed by atoms with Crippen LogP contribution in [0.25, 0.3) is 0 Å². The number of nitrogens with zero attached hydrogens (tertiary/aromatic N) is 1. The molecule has 0 aliphatic rings. The van der Waals surface area contributed by atoms with Gasteiger partial charge in [0.1, 0.15) is 0 Å². The Morgan fingerprint density at radius 3 is 2.67 bits per heavy atom. The lowest BCUT2D eigenvalue weighted by Crippen LogP contribution is -2.34. The molecule has 0 spiro atoms. The molecule has 2 rings (SSSR count). The van der Waals surface area contributed by atoms with Crippen molar-refractivity contribution in [3.8, 4) is 0 Å². The minimum Gasteiger partial charge on any atom is -0.330 e. The Morgan fingerprint density at radius 2 is 2.06 bits per heavy atom. The van der Waals surface area contributed by atoms with Crippen LogP contribution in [0.2, 0.25) is 0 Å². The average molecular weight is 240 g/mol. The zero-order chi connectivity index (χ0) is 13.0. The minimum atomic E-state index is -0.0327. The maximum absolute atomic E-state index is 6.02. The van der Waals surface area contributed by atoms with Crippen molar-refractivity contribution in [1.82, 2.24) is 4.98 Å². The van der Waals surface area contributed by atoms with Crippen LogP contribution in [0.5, 0.6) is 0 Å². The topological polar surface area (TPSA) is 38.9 Å². The van der Waals surface area contributed by atoms with E-state index in [1.165, 1.54) is 16.7 Å². The zero-order valence-corrected chi connectivity index (χ0v) is 11.1. The van der Waals surface area contributed by atoms with Gasteiger partial charge < -0.3 is 5.73 Å². The molecular weight excluding hydrogens is 220 g/mol. The zero-order valence-electron chi connectivity index (χ0n) is 11.1. The third-order valence-corrected chi connectivity index (χ3v) is 3.48. The van der Waals surface area contributed by atoms with Crippen LogP contribution < -0.4 is 5.73 Å². The summed E-state index contributed by atoms with van der Waals surface area (Å²) in [5.41, 5.74) is 9.79. The molecule has 0 bridgehead atoms. The van der Waals surface area contributed by atoms with E-state index >= 15 is 0 Å². The summed E-state index contributed by atoms with van der Waals surface area (Å²) in [4.78, 5) is 4.17. The van der Waals surface area contributed by atoms with Crippen molar-refractivity contribution in [2.45, 2.75) is 25.7 Å². The second-order valence-corrected chi connectivity index (χ2v) is 5.17. The number of rotatable bonds is 4. The first kappa shape index (κ1) is 12.8. The van der Waals surface area contributed by atoms with Gasteiger partial charge in [0.15, 0.2) is 0 Å². The van der Waals surface area contributed by atoms with E-state index in [2.05, 4.69) is 49.2 Å². The summed E-state index contributed by atoms with van der Waals surface area (Å²) in [6, 6.07) is 12.7. The number of aromatic nitrogens is 1. The standard InChI is InChI=1S/C16H20N2/c1-13-5-3-7-15(9-13)16(2,12-17)10-14-6-4-8-18-11-14/h3-9,11H,10,12,17H2,1-2H3. The smallest absolute Gasteiger partial charge is 0.0300 e. The molecule has 0 saturated carbocycles. The van der Waals surface area contributed by atoms with Crippen molar-refractivity contribution < 1.29 is 0 Å². The van der Waals surface area contributed by atoms with Crippen molar-refractivity contribution >= 4 is 0 Å². The van der Waals surface area contributed by atoms with Crippen molar-refractivity contribution in [3.05, 3.63) is 65.5 Å². The third kappa shape index (κ3) is 2.77. The molecule has 94 valence electrons. The van der Waals surface area contributed by atoms with Gasteiger partial charge >= 0.3 is 0 Å². The number of benzene rings is 1. The van der Waals surface area contributed by atoms with Crippen molar-refractivity contribution in [1.29, 1.82) is 0 Å². The molecule has 0 fully saturated rings. The van der Waals surface area contributed by atoms with Crippen LogP contribution in [0, 0.1) is 6.92 Å². The highest BCUT2D eigenvalue weighted by Crippen LogP contribution is 2.27.